The Hall–Kier alpha value is -1.30. The number of phenolic OH excluding ortho intramolecular Hbond substituents is 2. The molecule has 0 saturated carbocycles. The van der Waals surface area contributed by atoms with Gasteiger partial charge in [-0.3, -0.25) is 4.90 Å². The van der Waals surface area contributed by atoms with Crippen LogP contribution >= 0.6 is 0 Å². The third kappa shape index (κ3) is 4.38. The van der Waals surface area contributed by atoms with Crippen LogP contribution in [-0.2, 0) is 9.47 Å². The summed E-state index contributed by atoms with van der Waals surface area (Å²) in [5, 5.41) is 19.8. The van der Waals surface area contributed by atoms with Gasteiger partial charge >= 0.3 is 0 Å². The maximum absolute atomic E-state index is 9.91. The molecule has 0 aliphatic rings. The third-order valence-electron chi connectivity index (χ3n) is 3.19. The number of nitrogens with zero attached hydrogens (tertiary/aromatic N) is 1. The molecule has 0 amide bonds. The normalized spacial score (nSPS) is 12.8. The first-order valence-electron chi connectivity index (χ1n) is 6.34. The average Bonchev–Trinajstić information content (AvgIpc) is 2.38. The molecule has 0 heterocycles. The van der Waals surface area contributed by atoms with E-state index < -0.39 is 0 Å². The summed E-state index contributed by atoms with van der Waals surface area (Å²) in [4.78, 5) is 2.10. The number of ether oxygens (including phenoxy) is 2. The first kappa shape index (κ1) is 15.8. The predicted octanol–water partition coefficient (Wildman–Crippen LogP) is 1.75. The zero-order valence-electron chi connectivity index (χ0n) is 11.8. The van der Waals surface area contributed by atoms with Crippen LogP contribution in [0.5, 0.6) is 11.5 Å². The minimum Gasteiger partial charge on any atom is -0.507 e. The summed E-state index contributed by atoms with van der Waals surface area (Å²) in [7, 11) is 3.30. The second-order valence-corrected chi connectivity index (χ2v) is 4.41. The SMILES string of the molecule is COCCN(CCOC)C(C)c1c(O)cccc1O. The van der Waals surface area contributed by atoms with Gasteiger partial charge in [0, 0.05) is 33.4 Å². The molecule has 0 aliphatic carbocycles. The molecule has 1 unspecified atom stereocenters. The van der Waals surface area contributed by atoms with E-state index in [0.717, 1.165) is 0 Å². The van der Waals surface area contributed by atoms with E-state index in [1.807, 2.05) is 6.92 Å². The third-order valence-corrected chi connectivity index (χ3v) is 3.19. The lowest BCUT2D eigenvalue weighted by Gasteiger charge is -2.29. The average molecular weight is 269 g/mol. The number of benzene rings is 1. The van der Waals surface area contributed by atoms with Crippen molar-refractivity contribution >= 4 is 0 Å². The van der Waals surface area contributed by atoms with E-state index in [1.165, 1.54) is 0 Å². The van der Waals surface area contributed by atoms with Gasteiger partial charge in [0.2, 0.25) is 0 Å². The van der Waals surface area contributed by atoms with Crippen LogP contribution in [0.15, 0.2) is 18.2 Å². The number of hydrogen-bond donors (Lipinski definition) is 2. The quantitative estimate of drug-likeness (QED) is 0.753. The molecule has 1 rings (SSSR count). The molecule has 1 atom stereocenters. The van der Waals surface area contributed by atoms with Crippen LogP contribution < -0.4 is 0 Å². The zero-order valence-corrected chi connectivity index (χ0v) is 11.8. The highest BCUT2D eigenvalue weighted by atomic mass is 16.5. The molecule has 5 heteroatoms. The fraction of sp³-hybridized carbons (Fsp3) is 0.571. The smallest absolute Gasteiger partial charge is 0.124 e. The molecule has 0 saturated heterocycles. The number of aromatic hydroxyl groups is 2. The van der Waals surface area contributed by atoms with E-state index >= 15 is 0 Å². The number of phenols is 2. The van der Waals surface area contributed by atoms with Crippen molar-refractivity contribution in [2.24, 2.45) is 0 Å². The monoisotopic (exact) mass is 269 g/mol. The second-order valence-electron chi connectivity index (χ2n) is 4.41. The van der Waals surface area contributed by atoms with Crippen LogP contribution in [0.25, 0.3) is 0 Å². The molecule has 0 fully saturated rings. The van der Waals surface area contributed by atoms with Crippen molar-refractivity contribution in [1.29, 1.82) is 0 Å². The summed E-state index contributed by atoms with van der Waals surface area (Å²) >= 11 is 0. The van der Waals surface area contributed by atoms with Gasteiger partial charge in [-0.1, -0.05) is 6.07 Å². The minimum atomic E-state index is -0.119. The Morgan fingerprint density at radius 2 is 1.53 bits per heavy atom. The molecule has 1 aromatic rings. The fourth-order valence-corrected chi connectivity index (χ4v) is 2.07. The summed E-state index contributed by atoms with van der Waals surface area (Å²) in [6.45, 7) is 4.52. The van der Waals surface area contributed by atoms with Gasteiger partial charge in [0.15, 0.2) is 0 Å². The largest absolute Gasteiger partial charge is 0.507 e. The van der Waals surface area contributed by atoms with E-state index in [9.17, 15) is 10.2 Å². The lowest BCUT2D eigenvalue weighted by Crippen LogP contribution is -2.33. The van der Waals surface area contributed by atoms with Crippen LogP contribution in [0.4, 0.5) is 0 Å². The predicted molar refractivity (Wildman–Crippen MR) is 73.5 cm³/mol. The second kappa shape index (κ2) is 7.99. The van der Waals surface area contributed by atoms with Crippen molar-refractivity contribution in [3.05, 3.63) is 23.8 Å². The Kier molecular flexibility index (Phi) is 6.62. The molecule has 0 bridgehead atoms. The van der Waals surface area contributed by atoms with E-state index in [0.29, 0.717) is 31.9 Å². The Bertz CT molecular complexity index is 355. The van der Waals surface area contributed by atoms with Gasteiger partial charge < -0.3 is 19.7 Å². The number of rotatable bonds is 8. The Balaban J connectivity index is 2.87. The highest BCUT2D eigenvalue weighted by Gasteiger charge is 2.21. The molecule has 5 nitrogen and oxygen atoms in total. The van der Waals surface area contributed by atoms with E-state index in [-0.39, 0.29) is 17.5 Å². The van der Waals surface area contributed by atoms with Crippen molar-refractivity contribution in [1.82, 2.24) is 4.90 Å². The van der Waals surface area contributed by atoms with Gasteiger partial charge in [-0.25, -0.2) is 0 Å². The van der Waals surface area contributed by atoms with Gasteiger partial charge in [0.05, 0.1) is 18.8 Å². The fourth-order valence-electron chi connectivity index (χ4n) is 2.07. The van der Waals surface area contributed by atoms with Gasteiger partial charge in [-0.2, -0.15) is 0 Å². The van der Waals surface area contributed by atoms with Crippen molar-refractivity contribution in [2.45, 2.75) is 13.0 Å². The van der Waals surface area contributed by atoms with Crippen LogP contribution in [0, 0.1) is 0 Å². The van der Waals surface area contributed by atoms with Crippen molar-refractivity contribution in [3.63, 3.8) is 0 Å². The van der Waals surface area contributed by atoms with Crippen LogP contribution in [0.1, 0.15) is 18.5 Å². The molecular formula is C14H23NO4. The molecule has 19 heavy (non-hydrogen) atoms. The van der Waals surface area contributed by atoms with E-state index in [2.05, 4.69) is 4.90 Å². The summed E-state index contributed by atoms with van der Waals surface area (Å²) in [5.74, 6) is 0.208. The van der Waals surface area contributed by atoms with Crippen molar-refractivity contribution in [3.8, 4) is 11.5 Å². The lowest BCUT2D eigenvalue weighted by atomic mass is 10.0. The summed E-state index contributed by atoms with van der Waals surface area (Å²) < 4.78 is 10.2. The highest BCUT2D eigenvalue weighted by Crippen LogP contribution is 2.35. The molecule has 0 aliphatic heterocycles. The maximum Gasteiger partial charge on any atom is 0.124 e. The maximum atomic E-state index is 9.91. The topological polar surface area (TPSA) is 62.2 Å². The van der Waals surface area contributed by atoms with Gasteiger partial charge in [-0.05, 0) is 19.1 Å². The zero-order chi connectivity index (χ0) is 14.3. The lowest BCUT2D eigenvalue weighted by molar-refractivity contribution is 0.0904. The van der Waals surface area contributed by atoms with Gasteiger partial charge in [-0.15, -0.1) is 0 Å². The standard InChI is InChI=1S/C14H23NO4/c1-11(14-12(16)5-4-6-13(14)17)15(7-9-18-2)8-10-19-3/h4-6,11,16-17H,7-10H2,1-3H3. The molecule has 0 spiro atoms. The van der Waals surface area contributed by atoms with Crippen molar-refractivity contribution < 1.29 is 19.7 Å². The molecular weight excluding hydrogens is 246 g/mol. The first-order chi connectivity index (χ1) is 9.11. The molecule has 0 radical (unpaired) electrons. The Morgan fingerprint density at radius 1 is 1.05 bits per heavy atom. The number of methoxy groups -OCH3 is 2. The molecule has 0 aromatic heterocycles. The number of hydrogen-bond acceptors (Lipinski definition) is 5. The summed E-state index contributed by atoms with van der Waals surface area (Å²) in [5.41, 5.74) is 0.537. The molecule has 2 N–H and O–H groups in total. The molecule has 108 valence electrons. The van der Waals surface area contributed by atoms with Gasteiger partial charge in [0.1, 0.15) is 11.5 Å². The minimum absolute atomic E-state index is 0.104. The van der Waals surface area contributed by atoms with Crippen molar-refractivity contribution in [2.75, 3.05) is 40.5 Å². The first-order valence-corrected chi connectivity index (χ1v) is 6.34. The Morgan fingerprint density at radius 3 is 1.95 bits per heavy atom. The Labute approximate surface area is 114 Å². The van der Waals surface area contributed by atoms with E-state index in [4.69, 9.17) is 9.47 Å². The summed E-state index contributed by atoms with van der Waals surface area (Å²) in [6, 6.07) is 4.66. The van der Waals surface area contributed by atoms with Crippen LogP contribution in [0.2, 0.25) is 0 Å². The van der Waals surface area contributed by atoms with Gasteiger partial charge in [0.25, 0.3) is 0 Å². The van der Waals surface area contributed by atoms with Crippen LogP contribution in [0.3, 0.4) is 0 Å². The highest BCUT2D eigenvalue weighted by molar-refractivity contribution is 5.44. The van der Waals surface area contributed by atoms with Crippen LogP contribution in [-0.4, -0.2) is 55.6 Å². The molecule has 1 aromatic carbocycles. The summed E-state index contributed by atoms with van der Waals surface area (Å²) in [6.07, 6.45) is 0. The van der Waals surface area contributed by atoms with E-state index in [1.54, 1.807) is 32.4 Å².